The molecule has 0 aliphatic carbocycles. The van der Waals surface area contributed by atoms with Crippen molar-refractivity contribution in [3.8, 4) is 56.6 Å². The van der Waals surface area contributed by atoms with Gasteiger partial charge in [-0.25, -0.2) is 0 Å². The molecule has 54 heavy (non-hydrogen) atoms. The molecule has 0 atom stereocenters. The Bertz CT molecular complexity index is 2990. The second-order valence-electron chi connectivity index (χ2n) is 13.9. The first kappa shape index (κ1) is 31.2. The summed E-state index contributed by atoms with van der Waals surface area (Å²) < 4.78 is 0. The molecule has 10 rings (SSSR count). The Morgan fingerprint density at radius 2 is 0.630 bits per heavy atom. The molecule has 0 radical (unpaired) electrons. The highest BCUT2D eigenvalue weighted by Gasteiger charge is 2.15. The Morgan fingerprint density at radius 3 is 1.04 bits per heavy atom. The van der Waals surface area contributed by atoms with Crippen LogP contribution in [-0.4, -0.2) is 0 Å². The van der Waals surface area contributed by atoms with Gasteiger partial charge in [-0.15, -0.1) is 0 Å². The Balaban J connectivity index is 1.07. The number of fused-ring (bicyclic) bond motifs is 7. The first-order valence-corrected chi connectivity index (χ1v) is 18.1. The average molecular weight is 683 g/mol. The second kappa shape index (κ2) is 12.6. The van der Waals surface area contributed by atoms with E-state index in [4.69, 9.17) is 0 Å². The molecule has 0 amide bonds. The van der Waals surface area contributed by atoms with Crippen LogP contribution in [0.2, 0.25) is 0 Å². The van der Waals surface area contributed by atoms with E-state index in [1.807, 2.05) is 24.3 Å². The van der Waals surface area contributed by atoms with E-state index in [9.17, 15) is 10.5 Å². The van der Waals surface area contributed by atoms with Gasteiger partial charge in [0.2, 0.25) is 0 Å². The van der Waals surface area contributed by atoms with Crippen LogP contribution in [0.4, 0.5) is 0 Å². The summed E-state index contributed by atoms with van der Waals surface area (Å²) in [5.74, 6) is 0. The van der Waals surface area contributed by atoms with Gasteiger partial charge in [-0.3, -0.25) is 0 Å². The standard InChI is InChI=1S/C52H30N2/c53-31-41-9-5-7-39-27-37(23-25-43(39)41)33-15-19-35(20-16-33)49-29-52-48-14-4-2-12-46(48)50(30-51(52)47-13-3-1-11-45(47)49)36-21-17-34(18-22-36)38-24-26-44-40(28-38)8-6-10-42(44)32-54/h1-30H. The summed E-state index contributed by atoms with van der Waals surface area (Å²) in [7, 11) is 0. The minimum absolute atomic E-state index is 0.698. The van der Waals surface area contributed by atoms with Crippen LogP contribution in [0.25, 0.3) is 98.4 Å². The van der Waals surface area contributed by atoms with Crippen LogP contribution in [0.1, 0.15) is 11.1 Å². The van der Waals surface area contributed by atoms with Gasteiger partial charge in [0.1, 0.15) is 0 Å². The lowest BCUT2D eigenvalue weighted by atomic mass is 9.87. The maximum Gasteiger partial charge on any atom is 0.0998 e. The molecule has 0 fully saturated rings. The lowest BCUT2D eigenvalue weighted by Gasteiger charge is -2.16. The molecule has 0 spiro atoms. The van der Waals surface area contributed by atoms with Gasteiger partial charge in [0.25, 0.3) is 0 Å². The van der Waals surface area contributed by atoms with E-state index in [0.29, 0.717) is 11.1 Å². The molecule has 0 bridgehead atoms. The molecule has 0 unspecified atom stereocenters. The van der Waals surface area contributed by atoms with E-state index in [2.05, 4.69) is 170 Å². The normalized spacial score (nSPS) is 11.3. The SMILES string of the molecule is N#Cc1cccc2cc(-c3ccc(-c4cc5c6ccccc6c(-c6ccc(-c7ccc8c(C#N)cccc8c7)cc6)cc5c5ccccc45)cc3)ccc12. The molecular formula is C52H30N2. The van der Waals surface area contributed by atoms with Gasteiger partial charge < -0.3 is 0 Å². The highest BCUT2D eigenvalue weighted by molar-refractivity contribution is 6.23. The number of hydrogen-bond donors (Lipinski definition) is 0. The van der Waals surface area contributed by atoms with Gasteiger partial charge in [0.15, 0.2) is 0 Å². The first-order chi connectivity index (χ1) is 26.7. The molecule has 0 saturated carbocycles. The molecule has 0 aliphatic rings. The Hall–Kier alpha value is -7.52. The third-order valence-corrected chi connectivity index (χ3v) is 10.9. The lowest BCUT2D eigenvalue weighted by Crippen LogP contribution is -1.89. The van der Waals surface area contributed by atoms with Crippen molar-refractivity contribution in [2.45, 2.75) is 0 Å². The van der Waals surface area contributed by atoms with Gasteiger partial charge in [0.05, 0.1) is 23.3 Å². The highest BCUT2D eigenvalue weighted by atomic mass is 14.2. The van der Waals surface area contributed by atoms with Gasteiger partial charge in [-0.05, 0) is 135 Å². The first-order valence-electron chi connectivity index (χ1n) is 18.1. The van der Waals surface area contributed by atoms with Gasteiger partial charge in [0, 0.05) is 0 Å². The maximum absolute atomic E-state index is 9.55. The zero-order chi connectivity index (χ0) is 36.2. The van der Waals surface area contributed by atoms with Crippen LogP contribution in [0.3, 0.4) is 0 Å². The largest absolute Gasteiger partial charge is 0.192 e. The minimum atomic E-state index is 0.698. The van der Waals surface area contributed by atoms with Crippen LogP contribution in [0, 0.1) is 22.7 Å². The molecule has 10 aromatic rings. The Kier molecular flexibility index (Phi) is 7.29. The maximum atomic E-state index is 9.55. The Morgan fingerprint density at radius 1 is 0.259 bits per heavy atom. The molecule has 0 heterocycles. The molecule has 0 aromatic heterocycles. The number of hydrogen-bond acceptors (Lipinski definition) is 2. The van der Waals surface area contributed by atoms with Gasteiger partial charge in [-0.1, -0.05) is 146 Å². The zero-order valence-corrected chi connectivity index (χ0v) is 29.2. The third-order valence-electron chi connectivity index (χ3n) is 10.9. The van der Waals surface area contributed by atoms with Crippen LogP contribution < -0.4 is 0 Å². The Labute approximate surface area is 313 Å². The van der Waals surface area contributed by atoms with E-state index in [-0.39, 0.29) is 0 Å². The second-order valence-corrected chi connectivity index (χ2v) is 13.9. The van der Waals surface area contributed by atoms with Crippen molar-refractivity contribution < 1.29 is 0 Å². The van der Waals surface area contributed by atoms with E-state index < -0.39 is 0 Å². The number of nitriles is 2. The zero-order valence-electron chi connectivity index (χ0n) is 29.2. The predicted molar refractivity (Wildman–Crippen MR) is 225 cm³/mol. The summed E-state index contributed by atoms with van der Waals surface area (Å²) in [6.45, 7) is 0. The molecule has 0 aliphatic heterocycles. The third kappa shape index (κ3) is 5.09. The fraction of sp³-hybridized carbons (Fsp3) is 0. The molecule has 0 saturated heterocycles. The monoisotopic (exact) mass is 682 g/mol. The van der Waals surface area contributed by atoms with Crippen LogP contribution in [-0.2, 0) is 0 Å². The topological polar surface area (TPSA) is 47.6 Å². The molecule has 2 nitrogen and oxygen atoms in total. The number of nitrogens with zero attached hydrogens (tertiary/aromatic N) is 2. The minimum Gasteiger partial charge on any atom is -0.192 e. The van der Waals surface area contributed by atoms with E-state index in [1.165, 1.54) is 54.6 Å². The molecule has 10 aromatic carbocycles. The van der Waals surface area contributed by atoms with Crippen molar-refractivity contribution in [3.63, 3.8) is 0 Å². The molecule has 248 valence electrons. The van der Waals surface area contributed by atoms with E-state index in [0.717, 1.165) is 43.8 Å². The molecule has 2 heteroatoms. The summed E-state index contributed by atoms with van der Waals surface area (Å²) >= 11 is 0. The van der Waals surface area contributed by atoms with Crippen molar-refractivity contribution in [1.82, 2.24) is 0 Å². The molecule has 0 N–H and O–H groups in total. The van der Waals surface area contributed by atoms with Crippen molar-refractivity contribution in [2.75, 3.05) is 0 Å². The average Bonchev–Trinajstić information content (AvgIpc) is 3.25. The van der Waals surface area contributed by atoms with Crippen LogP contribution in [0.5, 0.6) is 0 Å². The van der Waals surface area contributed by atoms with E-state index >= 15 is 0 Å². The van der Waals surface area contributed by atoms with Gasteiger partial charge in [-0.2, -0.15) is 10.5 Å². The van der Waals surface area contributed by atoms with Crippen LogP contribution in [0.15, 0.2) is 182 Å². The fourth-order valence-electron chi connectivity index (χ4n) is 8.23. The fourth-order valence-corrected chi connectivity index (χ4v) is 8.23. The van der Waals surface area contributed by atoms with Crippen molar-refractivity contribution in [3.05, 3.63) is 193 Å². The van der Waals surface area contributed by atoms with Crippen molar-refractivity contribution in [2.24, 2.45) is 0 Å². The number of benzene rings is 10. The number of rotatable bonds is 4. The summed E-state index contributed by atoms with van der Waals surface area (Å²) in [5, 5.41) is 30.6. The highest BCUT2D eigenvalue weighted by Crippen LogP contribution is 2.42. The summed E-state index contributed by atoms with van der Waals surface area (Å²) in [6.07, 6.45) is 0. The summed E-state index contributed by atoms with van der Waals surface area (Å²) in [5.41, 5.74) is 10.7. The quantitative estimate of drug-likeness (QED) is 0.173. The van der Waals surface area contributed by atoms with Crippen molar-refractivity contribution in [1.29, 1.82) is 10.5 Å². The smallest absolute Gasteiger partial charge is 0.0998 e. The molecular weight excluding hydrogens is 653 g/mol. The van der Waals surface area contributed by atoms with E-state index in [1.54, 1.807) is 0 Å². The predicted octanol–water partition coefficient (Wildman–Crippen LogP) is 13.9. The summed E-state index contributed by atoms with van der Waals surface area (Å²) in [6, 6.07) is 69.1. The lowest BCUT2D eigenvalue weighted by molar-refractivity contribution is 1.50. The van der Waals surface area contributed by atoms with Crippen molar-refractivity contribution >= 4 is 53.9 Å². The summed E-state index contributed by atoms with van der Waals surface area (Å²) in [4.78, 5) is 0. The van der Waals surface area contributed by atoms with Gasteiger partial charge >= 0.3 is 0 Å². The van der Waals surface area contributed by atoms with Crippen LogP contribution >= 0.6 is 0 Å².